The standard InChI is InChI=1S/C19H37N2.FH/c1-3-5-7-9-11-13-15-20-17-18-21(19-20)16-14-12-10-8-6-4-2;/h17-19H,3-16H2,1-2H3;1H/q+1;/p-1. The van der Waals surface area contributed by atoms with Crippen LogP contribution < -0.4 is 9.27 Å². The second kappa shape index (κ2) is 15.1. The summed E-state index contributed by atoms with van der Waals surface area (Å²) in [7, 11) is 0. The lowest BCUT2D eigenvalue weighted by molar-refractivity contribution is -0.696. The molecule has 0 unspecified atom stereocenters. The predicted molar refractivity (Wildman–Crippen MR) is 91.4 cm³/mol. The molecule has 0 atom stereocenters. The van der Waals surface area contributed by atoms with Gasteiger partial charge in [-0.2, -0.15) is 0 Å². The molecule has 0 aliphatic heterocycles. The highest BCUT2D eigenvalue weighted by atomic mass is 19.0. The summed E-state index contributed by atoms with van der Waals surface area (Å²) in [5.41, 5.74) is 0. The van der Waals surface area contributed by atoms with Gasteiger partial charge in [0.25, 0.3) is 0 Å². The molecule has 0 aliphatic rings. The molecular weight excluding hydrogens is 275 g/mol. The third-order valence-electron chi connectivity index (χ3n) is 4.29. The Bertz CT molecular complexity index is 305. The lowest BCUT2D eigenvalue weighted by atomic mass is 10.1. The molecular formula is C19H37FN2. The number of imidazole rings is 1. The number of halogens is 1. The van der Waals surface area contributed by atoms with Crippen LogP contribution in [0.2, 0.25) is 0 Å². The van der Waals surface area contributed by atoms with E-state index in [-0.39, 0.29) is 4.70 Å². The maximum Gasteiger partial charge on any atom is 0.243 e. The summed E-state index contributed by atoms with van der Waals surface area (Å²) in [6.45, 7) is 6.94. The maximum atomic E-state index is 2.36. The fourth-order valence-electron chi connectivity index (χ4n) is 2.85. The monoisotopic (exact) mass is 312 g/mol. The zero-order valence-corrected chi connectivity index (χ0v) is 14.9. The molecule has 0 saturated heterocycles. The number of aryl methyl sites for hydroxylation is 2. The highest BCUT2D eigenvalue weighted by Gasteiger charge is 2.03. The Labute approximate surface area is 137 Å². The van der Waals surface area contributed by atoms with Crippen molar-refractivity contribution < 1.29 is 9.27 Å². The number of unbranched alkanes of at least 4 members (excludes halogenated alkanes) is 10. The first-order chi connectivity index (χ1) is 10.4. The molecule has 130 valence electrons. The molecule has 2 nitrogen and oxygen atoms in total. The summed E-state index contributed by atoms with van der Waals surface area (Å²) in [6, 6.07) is 0. The van der Waals surface area contributed by atoms with Crippen LogP contribution in [0.15, 0.2) is 18.7 Å². The first kappa shape index (κ1) is 21.1. The minimum atomic E-state index is 0. The van der Waals surface area contributed by atoms with Gasteiger partial charge < -0.3 is 4.70 Å². The maximum absolute atomic E-state index is 2.36. The molecule has 0 fully saturated rings. The zero-order chi connectivity index (χ0) is 15.2. The quantitative estimate of drug-likeness (QED) is 0.369. The molecule has 0 saturated carbocycles. The van der Waals surface area contributed by atoms with Crippen molar-refractivity contribution in [1.29, 1.82) is 0 Å². The molecule has 0 N–H and O–H groups in total. The van der Waals surface area contributed by atoms with E-state index in [9.17, 15) is 0 Å². The Morgan fingerprint density at radius 2 is 1.27 bits per heavy atom. The van der Waals surface area contributed by atoms with Gasteiger partial charge in [-0.3, -0.25) is 0 Å². The molecule has 1 aromatic rings. The average Bonchev–Trinajstić information content (AvgIpc) is 2.94. The van der Waals surface area contributed by atoms with Gasteiger partial charge in [-0.15, -0.1) is 0 Å². The van der Waals surface area contributed by atoms with E-state index in [2.05, 4.69) is 41.7 Å². The fourth-order valence-corrected chi connectivity index (χ4v) is 2.85. The topological polar surface area (TPSA) is 8.81 Å². The molecule has 0 amide bonds. The fraction of sp³-hybridized carbons (Fsp3) is 0.842. The molecule has 1 aromatic heterocycles. The number of rotatable bonds is 14. The van der Waals surface area contributed by atoms with Crippen molar-refractivity contribution in [2.45, 2.75) is 104 Å². The van der Waals surface area contributed by atoms with Crippen molar-refractivity contribution >= 4 is 0 Å². The lowest BCUT2D eigenvalue weighted by Crippen LogP contribution is -3.00. The molecule has 0 bridgehead atoms. The van der Waals surface area contributed by atoms with Gasteiger partial charge in [0, 0.05) is 0 Å². The molecule has 0 radical (unpaired) electrons. The van der Waals surface area contributed by atoms with Crippen molar-refractivity contribution in [3.63, 3.8) is 0 Å². The third-order valence-corrected chi connectivity index (χ3v) is 4.29. The van der Waals surface area contributed by atoms with Crippen LogP contribution in [0.4, 0.5) is 0 Å². The number of aromatic nitrogens is 2. The normalized spacial score (nSPS) is 10.6. The summed E-state index contributed by atoms with van der Waals surface area (Å²) >= 11 is 0. The summed E-state index contributed by atoms with van der Waals surface area (Å²) < 4.78 is 4.72. The predicted octanol–water partition coefficient (Wildman–Crippen LogP) is 2.50. The van der Waals surface area contributed by atoms with E-state index >= 15 is 0 Å². The molecule has 0 aromatic carbocycles. The van der Waals surface area contributed by atoms with Crippen molar-refractivity contribution in [3.8, 4) is 0 Å². The van der Waals surface area contributed by atoms with Gasteiger partial charge in [0.2, 0.25) is 6.33 Å². The molecule has 1 heterocycles. The van der Waals surface area contributed by atoms with Gasteiger partial charge >= 0.3 is 0 Å². The largest absolute Gasteiger partial charge is 1.00 e. The highest BCUT2D eigenvalue weighted by molar-refractivity contribution is 4.66. The van der Waals surface area contributed by atoms with Crippen LogP contribution in [0.1, 0.15) is 90.9 Å². The summed E-state index contributed by atoms with van der Waals surface area (Å²) in [6.07, 6.45) is 23.3. The van der Waals surface area contributed by atoms with E-state index in [4.69, 9.17) is 0 Å². The number of hydrogen-bond acceptors (Lipinski definition) is 0. The average molecular weight is 313 g/mol. The Morgan fingerprint density at radius 1 is 0.727 bits per heavy atom. The SMILES string of the molecule is CCCCCCCCn1cc[n+](CCCCCCCC)c1.[F-]. The van der Waals surface area contributed by atoms with E-state index in [1.54, 1.807) is 0 Å². The van der Waals surface area contributed by atoms with Crippen molar-refractivity contribution in [1.82, 2.24) is 4.57 Å². The summed E-state index contributed by atoms with van der Waals surface area (Å²) in [4.78, 5) is 0. The van der Waals surface area contributed by atoms with Crippen LogP contribution in [0.25, 0.3) is 0 Å². The second-order valence-corrected chi connectivity index (χ2v) is 6.42. The first-order valence-corrected chi connectivity index (χ1v) is 9.41. The van der Waals surface area contributed by atoms with Gasteiger partial charge in [0.15, 0.2) is 0 Å². The molecule has 0 spiro atoms. The molecule has 3 heteroatoms. The lowest BCUT2D eigenvalue weighted by Gasteiger charge is -1.99. The zero-order valence-electron chi connectivity index (χ0n) is 14.9. The van der Waals surface area contributed by atoms with E-state index < -0.39 is 0 Å². The van der Waals surface area contributed by atoms with Crippen LogP contribution in [0.5, 0.6) is 0 Å². The van der Waals surface area contributed by atoms with E-state index in [1.807, 2.05) is 0 Å². The van der Waals surface area contributed by atoms with Gasteiger partial charge in [0.05, 0.1) is 13.1 Å². The van der Waals surface area contributed by atoms with Gasteiger partial charge in [-0.25, -0.2) is 9.13 Å². The highest BCUT2D eigenvalue weighted by Crippen LogP contribution is 2.06. The van der Waals surface area contributed by atoms with Crippen molar-refractivity contribution in [2.24, 2.45) is 0 Å². The smallest absolute Gasteiger partial charge is 0.243 e. The van der Waals surface area contributed by atoms with Crippen LogP contribution in [0, 0.1) is 0 Å². The Hall–Kier alpha value is -0.860. The van der Waals surface area contributed by atoms with E-state index in [0.29, 0.717) is 0 Å². The Kier molecular flexibility index (Phi) is 14.5. The van der Waals surface area contributed by atoms with Crippen LogP contribution in [-0.2, 0) is 13.1 Å². The van der Waals surface area contributed by atoms with Crippen LogP contribution in [0.3, 0.4) is 0 Å². The number of hydrogen-bond donors (Lipinski definition) is 0. The van der Waals surface area contributed by atoms with Crippen LogP contribution in [-0.4, -0.2) is 4.57 Å². The minimum absolute atomic E-state index is 0. The van der Waals surface area contributed by atoms with Gasteiger partial charge in [0.1, 0.15) is 12.4 Å². The Balaban J connectivity index is 0.00000441. The third kappa shape index (κ3) is 10.8. The Morgan fingerprint density at radius 3 is 1.91 bits per heavy atom. The van der Waals surface area contributed by atoms with Crippen LogP contribution >= 0.6 is 0 Å². The van der Waals surface area contributed by atoms with Crippen molar-refractivity contribution in [2.75, 3.05) is 0 Å². The van der Waals surface area contributed by atoms with Gasteiger partial charge in [-0.1, -0.05) is 65.2 Å². The first-order valence-electron chi connectivity index (χ1n) is 9.41. The van der Waals surface area contributed by atoms with Crippen molar-refractivity contribution in [3.05, 3.63) is 18.7 Å². The molecule has 22 heavy (non-hydrogen) atoms. The second-order valence-electron chi connectivity index (χ2n) is 6.42. The minimum Gasteiger partial charge on any atom is -1.00 e. The van der Waals surface area contributed by atoms with Gasteiger partial charge in [-0.05, 0) is 25.7 Å². The molecule has 0 aliphatic carbocycles. The summed E-state index contributed by atoms with van der Waals surface area (Å²) in [5.74, 6) is 0. The van der Waals surface area contributed by atoms with E-state index in [1.165, 1.54) is 90.1 Å². The molecule has 1 rings (SSSR count). The summed E-state index contributed by atoms with van der Waals surface area (Å²) in [5, 5.41) is 0. The number of nitrogens with zero attached hydrogens (tertiary/aromatic N) is 2. The van der Waals surface area contributed by atoms with E-state index in [0.717, 1.165) is 0 Å².